The normalized spacial score (nSPS) is 21.5. The molecule has 2 atom stereocenters. The van der Waals surface area contributed by atoms with Crippen LogP contribution < -0.4 is 10.4 Å². The zero-order chi connectivity index (χ0) is 14.7. The predicted octanol–water partition coefficient (Wildman–Crippen LogP) is 2.03. The van der Waals surface area contributed by atoms with E-state index in [0.29, 0.717) is 18.5 Å². The summed E-state index contributed by atoms with van der Waals surface area (Å²) in [7, 11) is 0. The summed E-state index contributed by atoms with van der Waals surface area (Å²) in [4.78, 5) is 23.4. The standard InChI is InChI=1S/C15H16BrNO3/c1-9-6-7-13(12(16)8-9)17-14(18)10-4-2-3-5-11(10)15(19)20/h2-3,6-8,10-11H,4-5H2,1H3,(H,17,18)(H,19,20)/p-1. The molecule has 0 aromatic heterocycles. The van der Waals surface area contributed by atoms with Gasteiger partial charge in [0, 0.05) is 16.4 Å². The van der Waals surface area contributed by atoms with Gasteiger partial charge in [-0.25, -0.2) is 0 Å². The van der Waals surface area contributed by atoms with Crippen molar-refractivity contribution in [2.24, 2.45) is 11.8 Å². The van der Waals surface area contributed by atoms with Crippen molar-refractivity contribution in [1.82, 2.24) is 0 Å². The van der Waals surface area contributed by atoms with E-state index in [0.717, 1.165) is 10.0 Å². The van der Waals surface area contributed by atoms with Crippen molar-refractivity contribution >= 4 is 33.5 Å². The molecule has 0 heterocycles. The molecule has 1 aliphatic rings. The van der Waals surface area contributed by atoms with E-state index in [9.17, 15) is 14.7 Å². The van der Waals surface area contributed by atoms with Gasteiger partial charge in [-0.05, 0) is 53.4 Å². The molecule has 0 saturated heterocycles. The molecular weight excluding hydrogens is 322 g/mol. The van der Waals surface area contributed by atoms with Crippen molar-refractivity contribution in [2.45, 2.75) is 19.8 Å². The molecule has 1 aliphatic carbocycles. The van der Waals surface area contributed by atoms with Gasteiger partial charge in [-0.15, -0.1) is 0 Å². The number of aliphatic carboxylic acids is 1. The van der Waals surface area contributed by atoms with Gasteiger partial charge in [0.15, 0.2) is 0 Å². The number of amides is 1. The molecule has 106 valence electrons. The summed E-state index contributed by atoms with van der Waals surface area (Å²) >= 11 is 3.39. The molecule has 2 rings (SSSR count). The zero-order valence-corrected chi connectivity index (χ0v) is 12.6. The number of carbonyl (C=O) groups excluding carboxylic acids is 2. The van der Waals surface area contributed by atoms with Crippen LogP contribution >= 0.6 is 15.9 Å². The van der Waals surface area contributed by atoms with Crippen molar-refractivity contribution in [2.75, 3.05) is 5.32 Å². The third-order valence-electron chi connectivity index (χ3n) is 3.45. The summed E-state index contributed by atoms with van der Waals surface area (Å²) < 4.78 is 0.780. The molecule has 1 aromatic carbocycles. The molecule has 0 fully saturated rings. The van der Waals surface area contributed by atoms with Gasteiger partial charge in [0.05, 0.1) is 11.6 Å². The summed E-state index contributed by atoms with van der Waals surface area (Å²) in [6, 6.07) is 5.58. The SMILES string of the molecule is Cc1ccc(NC(=O)C2CC=CCC2C(=O)[O-])c(Br)c1. The number of benzene rings is 1. The Bertz CT molecular complexity index is 568. The molecule has 4 nitrogen and oxygen atoms in total. The van der Waals surface area contributed by atoms with E-state index in [1.807, 2.05) is 25.1 Å². The van der Waals surface area contributed by atoms with Crippen molar-refractivity contribution in [1.29, 1.82) is 0 Å². The largest absolute Gasteiger partial charge is 0.550 e. The molecule has 5 heteroatoms. The van der Waals surface area contributed by atoms with Crippen molar-refractivity contribution in [3.63, 3.8) is 0 Å². The lowest BCUT2D eigenvalue weighted by Gasteiger charge is -2.28. The molecular formula is C15H15BrNO3-. The van der Waals surface area contributed by atoms with Gasteiger partial charge in [0.25, 0.3) is 0 Å². The van der Waals surface area contributed by atoms with Crippen LogP contribution in [0.2, 0.25) is 0 Å². The highest BCUT2D eigenvalue weighted by molar-refractivity contribution is 9.10. The molecule has 20 heavy (non-hydrogen) atoms. The highest BCUT2D eigenvalue weighted by Gasteiger charge is 2.30. The smallest absolute Gasteiger partial charge is 0.228 e. The molecule has 2 unspecified atom stereocenters. The topological polar surface area (TPSA) is 69.2 Å². The lowest BCUT2D eigenvalue weighted by atomic mass is 9.82. The van der Waals surface area contributed by atoms with Gasteiger partial charge < -0.3 is 15.2 Å². The van der Waals surface area contributed by atoms with Crippen molar-refractivity contribution in [3.05, 3.63) is 40.4 Å². The quantitative estimate of drug-likeness (QED) is 0.858. The third-order valence-corrected chi connectivity index (χ3v) is 4.11. The van der Waals surface area contributed by atoms with Crippen LogP contribution in [0.4, 0.5) is 5.69 Å². The number of carbonyl (C=O) groups is 2. The summed E-state index contributed by atoms with van der Waals surface area (Å²) in [5.41, 5.74) is 1.72. The lowest BCUT2D eigenvalue weighted by Crippen LogP contribution is -2.41. The van der Waals surface area contributed by atoms with E-state index in [4.69, 9.17) is 0 Å². The van der Waals surface area contributed by atoms with Gasteiger partial charge >= 0.3 is 0 Å². The van der Waals surface area contributed by atoms with E-state index < -0.39 is 17.8 Å². The maximum absolute atomic E-state index is 12.3. The van der Waals surface area contributed by atoms with Crippen LogP contribution in [0.5, 0.6) is 0 Å². The van der Waals surface area contributed by atoms with Crippen LogP contribution in [-0.2, 0) is 9.59 Å². The first-order chi connectivity index (χ1) is 9.49. The average Bonchev–Trinajstić information content (AvgIpc) is 2.41. The number of anilines is 1. The van der Waals surface area contributed by atoms with Gasteiger partial charge in [-0.1, -0.05) is 18.2 Å². The summed E-state index contributed by atoms with van der Waals surface area (Å²) in [6.07, 6.45) is 4.39. The second-order valence-electron chi connectivity index (χ2n) is 4.95. The Morgan fingerprint density at radius 1 is 1.25 bits per heavy atom. The highest BCUT2D eigenvalue weighted by atomic mass is 79.9. The summed E-state index contributed by atoms with van der Waals surface area (Å²) in [5, 5.41) is 13.9. The van der Waals surface area contributed by atoms with E-state index in [-0.39, 0.29) is 5.91 Å². The minimum atomic E-state index is -1.17. The van der Waals surface area contributed by atoms with Crippen LogP contribution in [-0.4, -0.2) is 11.9 Å². The van der Waals surface area contributed by atoms with Gasteiger partial charge in [-0.3, -0.25) is 4.79 Å². The molecule has 1 N–H and O–H groups in total. The fraction of sp³-hybridized carbons (Fsp3) is 0.333. The van der Waals surface area contributed by atoms with Gasteiger partial charge in [0.2, 0.25) is 5.91 Å². The number of allylic oxidation sites excluding steroid dienone is 2. The number of rotatable bonds is 3. The predicted molar refractivity (Wildman–Crippen MR) is 77.9 cm³/mol. The Labute approximate surface area is 126 Å². The first-order valence-electron chi connectivity index (χ1n) is 6.42. The maximum Gasteiger partial charge on any atom is 0.228 e. The van der Waals surface area contributed by atoms with Crippen LogP contribution in [0.1, 0.15) is 18.4 Å². The fourth-order valence-electron chi connectivity index (χ4n) is 2.31. The Morgan fingerprint density at radius 2 is 1.90 bits per heavy atom. The summed E-state index contributed by atoms with van der Waals surface area (Å²) in [5.74, 6) is -2.80. The van der Waals surface area contributed by atoms with Crippen LogP contribution in [0.15, 0.2) is 34.8 Å². The van der Waals surface area contributed by atoms with Gasteiger partial charge in [0.1, 0.15) is 0 Å². The highest BCUT2D eigenvalue weighted by Crippen LogP contribution is 2.29. The molecule has 1 aromatic rings. The number of aryl methyl sites for hydroxylation is 1. The van der Waals surface area contributed by atoms with Crippen LogP contribution in [0.25, 0.3) is 0 Å². The number of carboxylic acids is 1. The van der Waals surface area contributed by atoms with Crippen LogP contribution in [0, 0.1) is 18.8 Å². The first-order valence-corrected chi connectivity index (χ1v) is 7.21. The second kappa shape index (κ2) is 6.22. The van der Waals surface area contributed by atoms with Gasteiger partial charge in [-0.2, -0.15) is 0 Å². The fourth-order valence-corrected chi connectivity index (χ4v) is 2.90. The summed E-state index contributed by atoms with van der Waals surface area (Å²) in [6.45, 7) is 1.95. The molecule has 0 aliphatic heterocycles. The number of carboxylic acid groups (broad SMARTS) is 1. The number of halogens is 1. The molecule has 0 spiro atoms. The monoisotopic (exact) mass is 336 g/mol. The zero-order valence-electron chi connectivity index (χ0n) is 11.1. The molecule has 0 radical (unpaired) electrons. The Hall–Kier alpha value is -1.62. The number of nitrogens with one attached hydrogen (secondary N) is 1. The number of hydrogen-bond acceptors (Lipinski definition) is 3. The van der Waals surface area contributed by atoms with E-state index in [1.165, 1.54) is 0 Å². The maximum atomic E-state index is 12.3. The molecule has 1 amide bonds. The first kappa shape index (κ1) is 14.8. The third kappa shape index (κ3) is 3.28. The van der Waals surface area contributed by atoms with Crippen molar-refractivity contribution in [3.8, 4) is 0 Å². The average molecular weight is 337 g/mol. The Morgan fingerprint density at radius 3 is 2.50 bits per heavy atom. The Balaban J connectivity index is 2.14. The second-order valence-corrected chi connectivity index (χ2v) is 5.80. The Kier molecular flexibility index (Phi) is 4.60. The van der Waals surface area contributed by atoms with Crippen molar-refractivity contribution < 1.29 is 14.7 Å². The van der Waals surface area contributed by atoms with E-state index in [2.05, 4.69) is 21.2 Å². The van der Waals surface area contributed by atoms with E-state index in [1.54, 1.807) is 12.1 Å². The minimum Gasteiger partial charge on any atom is -0.550 e. The van der Waals surface area contributed by atoms with Crippen LogP contribution in [0.3, 0.4) is 0 Å². The number of hydrogen-bond donors (Lipinski definition) is 1. The minimum absolute atomic E-state index is 0.284. The van der Waals surface area contributed by atoms with E-state index >= 15 is 0 Å². The molecule has 0 saturated carbocycles. The molecule has 0 bridgehead atoms. The lowest BCUT2D eigenvalue weighted by molar-refractivity contribution is -0.313.